The van der Waals surface area contributed by atoms with Crippen LogP contribution in [0.1, 0.15) is 13.8 Å². The first-order valence-corrected chi connectivity index (χ1v) is 3.77. The van der Waals surface area contributed by atoms with E-state index in [0.29, 0.717) is 5.57 Å². The Morgan fingerprint density at radius 3 is 2.00 bits per heavy atom. The third-order valence-electron chi connectivity index (χ3n) is 1.61. The zero-order chi connectivity index (χ0) is 10.6. The summed E-state index contributed by atoms with van der Waals surface area (Å²) < 4.78 is 0. The minimum Gasteiger partial charge on any atom is -0.510 e. The van der Waals surface area contributed by atoms with Crippen molar-refractivity contribution in [3.8, 4) is 0 Å². The van der Waals surface area contributed by atoms with Crippen LogP contribution in [0.3, 0.4) is 0 Å². The van der Waals surface area contributed by atoms with Gasteiger partial charge < -0.3 is 25.2 Å². The van der Waals surface area contributed by atoms with E-state index in [-0.39, 0.29) is 6.29 Å². The van der Waals surface area contributed by atoms with E-state index >= 15 is 0 Å². The van der Waals surface area contributed by atoms with E-state index in [1.807, 2.05) is 0 Å². The summed E-state index contributed by atoms with van der Waals surface area (Å²) in [6.07, 6.45) is -4.94. The highest BCUT2D eigenvalue weighted by atomic mass is 16.4. The van der Waals surface area contributed by atoms with Gasteiger partial charge in [-0.1, -0.05) is 0 Å². The summed E-state index contributed by atoms with van der Waals surface area (Å²) in [4.78, 5) is 10.0. The van der Waals surface area contributed by atoms with Crippen LogP contribution in [0.5, 0.6) is 0 Å². The lowest BCUT2D eigenvalue weighted by Crippen LogP contribution is -2.39. The molecule has 0 aromatic rings. The smallest absolute Gasteiger partial charge is 0.151 e. The molecule has 13 heavy (non-hydrogen) atoms. The topological polar surface area (TPSA) is 98.0 Å². The van der Waals surface area contributed by atoms with Crippen molar-refractivity contribution in [3.05, 3.63) is 11.3 Å². The van der Waals surface area contributed by atoms with Crippen LogP contribution in [0.4, 0.5) is 0 Å². The van der Waals surface area contributed by atoms with Crippen LogP contribution in [-0.4, -0.2) is 45.0 Å². The van der Waals surface area contributed by atoms with Gasteiger partial charge in [-0.3, -0.25) is 0 Å². The lowest BCUT2D eigenvalue weighted by molar-refractivity contribution is -0.125. The first-order chi connectivity index (χ1) is 5.91. The zero-order valence-corrected chi connectivity index (χ0v) is 7.51. The molecule has 0 radical (unpaired) electrons. The standard InChI is InChI=1S/C8H14O5/c1-4(2)6(11)8(13)7(12)5(10)3-9/h3,5,7-8,10-13H,1-2H3/t5-,7+,8+/m0/s1. The van der Waals surface area contributed by atoms with Gasteiger partial charge in [-0.05, 0) is 19.4 Å². The molecule has 0 fully saturated rings. The van der Waals surface area contributed by atoms with E-state index in [0.717, 1.165) is 0 Å². The van der Waals surface area contributed by atoms with E-state index in [1.54, 1.807) is 0 Å². The van der Waals surface area contributed by atoms with Gasteiger partial charge in [0.1, 0.15) is 24.1 Å². The third kappa shape index (κ3) is 3.14. The number of hydrogen-bond acceptors (Lipinski definition) is 5. The molecule has 0 rings (SSSR count). The molecule has 0 aliphatic carbocycles. The zero-order valence-electron chi connectivity index (χ0n) is 7.51. The molecule has 4 N–H and O–H groups in total. The third-order valence-corrected chi connectivity index (χ3v) is 1.61. The number of rotatable bonds is 4. The molecule has 0 heterocycles. The molecule has 0 saturated heterocycles. The van der Waals surface area contributed by atoms with Gasteiger partial charge >= 0.3 is 0 Å². The largest absolute Gasteiger partial charge is 0.510 e. The quantitative estimate of drug-likeness (QED) is 0.341. The van der Waals surface area contributed by atoms with Gasteiger partial charge in [0, 0.05) is 0 Å². The van der Waals surface area contributed by atoms with Crippen LogP contribution >= 0.6 is 0 Å². The summed E-state index contributed by atoms with van der Waals surface area (Å²) in [7, 11) is 0. The lowest BCUT2D eigenvalue weighted by atomic mass is 10.1. The Balaban J connectivity index is 4.51. The molecule has 0 bridgehead atoms. The van der Waals surface area contributed by atoms with Gasteiger partial charge in [-0.15, -0.1) is 0 Å². The van der Waals surface area contributed by atoms with Crippen molar-refractivity contribution in [1.82, 2.24) is 0 Å². The fourth-order valence-corrected chi connectivity index (χ4v) is 0.725. The molecular formula is C8H14O5. The normalized spacial score (nSPS) is 17.3. The molecule has 5 heteroatoms. The summed E-state index contributed by atoms with van der Waals surface area (Å²) in [6, 6.07) is 0. The Bertz CT molecular complexity index is 207. The second kappa shape index (κ2) is 4.96. The maximum atomic E-state index is 10.0. The Morgan fingerprint density at radius 1 is 1.23 bits per heavy atom. The molecule has 0 saturated carbocycles. The second-order valence-electron chi connectivity index (χ2n) is 2.95. The molecule has 0 aliphatic rings. The van der Waals surface area contributed by atoms with Crippen molar-refractivity contribution in [2.24, 2.45) is 0 Å². The van der Waals surface area contributed by atoms with Crippen LogP contribution in [0.15, 0.2) is 11.3 Å². The number of aliphatic hydroxyl groups excluding tert-OH is 4. The fourth-order valence-electron chi connectivity index (χ4n) is 0.725. The van der Waals surface area contributed by atoms with Crippen LogP contribution in [-0.2, 0) is 4.79 Å². The molecule has 76 valence electrons. The first kappa shape index (κ1) is 12.1. The molecule has 5 nitrogen and oxygen atoms in total. The van der Waals surface area contributed by atoms with E-state index in [4.69, 9.17) is 15.3 Å². The first-order valence-electron chi connectivity index (χ1n) is 3.77. The van der Waals surface area contributed by atoms with Crippen LogP contribution in [0.25, 0.3) is 0 Å². The molecule has 0 aromatic carbocycles. The number of hydrogen-bond donors (Lipinski definition) is 4. The minimum atomic E-state index is -1.70. The summed E-state index contributed by atoms with van der Waals surface area (Å²) >= 11 is 0. The van der Waals surface area contributed by atoms with Crippen molar-refractivity contribution >= 4 is 6.29 Å². The summed E-state index contributed by atoms with van der Waals surface area (Å²) in [5, 5.41) is 36.2. The molecule has 0 unspecified atom stereocenters. The van der Waals surface area contributed by atoms with Gasteiger partial charge in [0.05, 0.1) is 0 Å². The Hall–Kier alpha value is -0.910. The molecule has 0 amide bonds. The van der Waals surface area contributed by atoms with Crippen molar-refractivity contribution in [2.75, 3.05) is 0 Å². The predicted octanol–water partition coefficient (Wildman–Crippen LogP) is -0.880. The molecule has 3 atom stereocenters. The van der Waals surface area contributed by atoms with Gasteiger partial charge in [0.15, 0.2) is 6.29 Å². The maximum Gasteiger partial charge on any atom is 0.151 e. The fraction of sp³-hybridized carbons (Fsp3) is 0.625. The average molecular weight is 190 g/mol. The SMILES string of the molecule is CC(C)=C(O)[C@@H](O)[C@H](O)[C@@H](O)C=O. The lowest BCUT2D eigenvalue weighted by Gasteiger charge is -2.19. The van der Waals surface area contributed by atoms with E-state index in [9.17, 15) is 9.90 Å². The number of aliphatic hydroxyl groups is 4. The van der Waals surface area contributed by atoms with Gasteiger partial charge in [0.25, 0.3) is 0 Å². The molecule has 0 aliphatic heterocycles. The number of allylic oxidation sites excluding steroid dienone is 1. The second-order valence-corrected chi connectivity index (χ2v) is 2.95. The van der Waals surface area contributed by atoms with Crippen LogP contribution in [0.2, 0.25) is 0 Å². The number of carbonyl (C=O) groups excluding carboxylic acids is 1. The van der Waals surface area contributed by atoms with Crippen molar-refractivity contribution in [1.29, 1.82) is 0 Å². The maximum absolute atomic E-state index is 10.0. The summed E-state index contributed by atoms with van der Waals surface area (Å²) in [5.74, 6) is -0.437. The van der Waals surface area contributed by atoms with Crippen LogP contribution in [0, 0.1) is 0 Å². The van der Waals surface area contributed by atoms with E-state index < -0.39 is 24.1 Å². The van der Waals surface area contributed by atoms with Gasteiger partial charge in [-0.25, -0.2) is 0 Å². The Morgan fingerprint density at radius 2 is 1.69 bits per heavy atom. The molecular weight excluding hydrogens is 176 g/mol. The van der Waals surface area contributed by atoms with Crippen LogP contribution < -0.4 is 0 Å². The highest BCUT2D eigenvalue weighted by Gasteiger charge is 2.27. The average Bonchev–Trinajstić information content (AvgIpc) is 2.12. The summed E-state index contributed by atoms with van der Waals surface area (Å²) in [5.41, 5.74) is 0.407. The molecule has 0 spiro atoms. The van der Waals surface area contributed by atoms with Crippen molar-refractivity contribution in [2.45, 2.75) is 32.2 Å². The van der Waals surface area contributed by atoms with E-state index in [2.05, 4.69) is 0 Å². The Kier molecular flexibility index (Phi) is 4.61. The minimum absolute atomic E-state index is 0.0894. The van der Waals surface area contributed by atoms with E-state index in [1.165, 1.54) is 13.8 Å². The van der Waals surface area contributed by atoms with Crippen molar-refractivity contribution < 1.29 is 25.2 Å². The predicted molar refractivity (Wildman–Crippen MR) is 45.1 cm³/mol. The van der Waals surface area contributed by atoms with Gasteiger partial charge in [-0.2, -0.15) is 0 Å². The molecule has 0 aromatic heterocycles. The monoisotopic (exact) mass is 190 g/mol. The highest BCUT2D eigenvalue weighted by molar-refractivity contribution is 5.56. The Labute approximate surface area is 75.9 Å². The highest BCUT2D eigenvalue weighted by Crippen LogP contribution is 2.10. The number of aldehydes is 1. The van der Waals surface area contributed by atoms with Crippen molar-refractivity contribution in [3.63, 3.8) is 0 Å². The number of carbonyl (C=O) groups is 1. The summed E-state index contributed by atoms with van der Waals surface area (Å²) in [6.45, 7) is 3.05. The van der Waals surface area contributed by atoms with Gasteiger partial charge in [0.2, 0.25) is 0 Å².